The summed E-state index contributed by atoms with van der Waals surface area (Å²) in [6, 6.07) is 1.84. The predicted octanol–water partition coefficient (Wildman–Crippen LogP) is 3.03. The highest BCUT2D eigenvalue weighted by atomic mass is 35.5. The normalized spacial score (nSPS) is 22.5. The molecule has 8 nitrogen and oxygen atoms in total. The molecule has 2 aromatic rings. The average molecular weight is 467 g/mol. The molecule has 0 amide bonds. The minimum absolute atomic E-state index is 0. The van der Waals surface area contributed by atoms with Gasteiger partial charge < -0.3 is 26.2 Å². The second-order valence-electron chi connectivity index (χ2n) is 8.04. The van der Waals surface area contributed by atoms with Gasteiger partial charge in [-0.15, -0.1) is 0 Å². The number of anilines is 2. The third-order valence-electron chi connectivity index (χ3n) is 6.22. The molecule has 2 atom stereocenters. The van der Waals surface area contributed by atoms with Crippen molar-refractivity contribution in [2.45, 2.75) is 62.8 Å². The Balaban J connectivity index is 0.00000272. The van der Waals surface area contributed by atoms with Crippen LogP contribution in [0.5, 0.6) is 0 Å². The molecular weight excluding hydrogens is 436 g/mol. The van der Waals surface area contributed by atoms with Gasteiger partial charge in [0.25, 0.3) is 0 Å². The van der Waals surface area contributed by atoms with Gasteiger partial charge in [-0.3, -0.25) is 0 Å². The van der Waals surface area contributed by atoms with Crippen LogP contribution < -0.4 is 16.4 Å². The Labute approximate surface area is 192 Å². The van der Waals surface area contributed by atoms with Gasteiger partial charge in [-0.2, -0.15) is 0 Å². The number of hydrogen-bond acceptors (Lipinski definition) is 9. The van der Waals surface area contributed by atoms with E-state index >= 15 is 0 Å². The SMILES string of the molecule is C.Cc1nc(N2CCC3(CC2)CO[C@@H](C)[C@H]3N)c(CO)nc1Sc1ccnc(N)c1Cl. The monoisotopic (exact) mass is 466 g/mol. The first-order valence-electron chi connectivity index (χ1n) is 10.0. The Morgan fingerprint density at radius 1 is 1.35 bits per heavy atom. The van der Waals surface area contributed by atoms with E-state index in [2.05, 4.69) is 14.9 Å². The van der Waals surface area contributed by atoms with E-state index in [9.17, 15) is 5.11 Å². The van der Waals surface area contributed by atoms with Crippen LogP contribution in [0, 0.1) is 12.3 Å². The van der Waals surface area contributed by atoms with E-state index in [1.807, 2.05) is 13.8 Å². The van der Waals surface area contributed by atoms with Gasteiger partial charge in [-0.05, 0) is 32.8 Å². The third-order valence-corrected chi connectivity index (χ3v) is 7.87. The standard InChI is InChI=1S/C20H27ClN6O2S.CH4/c1-11-19(30-14-3-6-24-17(23)15(14)21)26-13(9-28)18(25-11)27-7-4-20(5-8-27)10-29-12(2)16(20)22;/h3,6,12,16,28H,4-5,7-10,22H2,1-2H3,(H2,23,24);1H4/t12-,16+;/m0./s1. The molecule has 0 aromatic carbocycles. The quantitative estimate of drug-likeness (QED) is 0.623. The summed E-state index contributed by atoms with van der Waals surface area (Å²) in [5, 5.41) is 11.1. The van der Waals surface area contributed by atoms with E-state index in [4.69, 9.17) is 32.8 Å². The molecule has 0 saturated carbocycles. The fourth-order valence-electron chi connectivity index (χ4n) is 4.24. The number of hydrogen-bond donors (Lipinski definition) is 3. The zero-order valence-corrected chi connectivity index (χ0v) is 18.7. The van der Waals surface area contributed by atoms with Crippen molar-refractivity contribution in [3.8, 4) is 0 Å². The Morgan fingerprint density at radius 3 is 2.68 bits per heavy atom. The predicted molar refractivity (Wildman–Crippen MR) is 124 cm³/mol. The maximum Gasteiger partial charge on any atom is 0.153 e. The molecule has 10 heteroatoms. The summed E-state index contributed by atoms with van der Waals surface area (Å²) < 4.78 is 5.82. The van der Waals surface area contributed by atoms with Crippen molar-refractivity contribution in [3.05, 3.63) is 28.7 Å². The van der Waals surface area contributed by atoms with Crippen molar-refractivity contribution in [3.63, 3.8) is 0 Å². The number of rotatable bonds is 4. The summed E-state index contributed by atoms with van der Waals surface area (Å²) in [6.07, 6.45) is 3.58. The van der Waals surface area contributed by atoms with Gasteiger partial charge in [0.05, 0.1) is 30.0 Å². The molecule has 0 aliphatic carbocycles. The number of aromatic nitrogens is 3. The van der Waals surface area contributed by atoms with Gasteiger partial charge in [0.1, 0.15) is 16.5 Å². The molecule has 2 saturated heterocycles. The largest absolute Gasteiger partial charge is 0.390 e. The van der Waals surface area contributed by atoms with E-state index in [0.717, 1.165) is 42.3 Å². The van der Waals surface area contributed by atoms with Gasteiger partial charge in [0.15, 0.2) is 5.82 Å². The summed E-state index contributed by atoms with van der Waals surface area (Å²) in [5.74, 6) is 1.01. The van der Waals surface area contributed by atoms with Crippen LogP contribution >= 0.6 is 23.4 Å². The first-order chi connectivity index (χ1) is 14.3. The van der Waals surface area contributed by atoms with Gasteiger partial charge >= 0.3 is 0 Å². The number of nitrogens with zero attached hydrogens (tertiary/aromatic N) is 4. The van der Waals surface area contributed by atoms with Crippen LogP contribution in [0.4, 0.5) is 11.6 Å². The van der Waals surface area contributed by atoms with Crippen LogP contribution in [-0.2, 0) is 11.3 Å². The Bertz CT molecular complexity index is 938. The fourth-order valence-corrected chi connectivity index (χ4v) is 5.35. The number of piperidine rings is 1. The number of nitrogens with two attached hydrogens (primary N) is 2. The first kappa shape index (κ1) is 24.0. The van der Waals surface area contributed by atoms with Crippen LogP contribution in [0.25, 0.3) is 0 Å². The van der Waals surface area contributed by atoms with Gasteiger partial charge in [-0.25, -0.2) is 15.0 Å². The molecule has 0 bridgehead atoms. The van der Waals surface area contributed by atoms with Crippen molar-refractivity contribution in [1.29, 1.82) is 0 Å². The number of halogens is 1. The molecule has 31 heavy (non-hydrogen) atoms. The van der Waals surface area contributed by atoms with Crippen molar-refractivity contribution in [2.24, 2.45) is 11.1 Å². The smallest absolute Gasteiger partial charge is 0.153 e. The highest BCUT2D eigenvalue weighted by molar-refractivity contribution is 7.99. The zero-order chi connectivity index (χ0) is 21.5. The van der Waals surface area contributed by atoms with Crippen molar-refractivity contribution in [2.75, 3.05) is 30.3 Å². The van der Waals surface area contributed by atoms with Crippen LogP contribution in [0.1, 0.15) is 38.6 Å². The summed E-state index contributed by atoms with van der Waals surface area (Å²) >= 11 is 7.64. The Morgan fingerprint density at radius 2 is 2.06 bits per heavy atom. The Hall–Kier alpha value is -1.65. The first-order valence-corrected chi connectivity index (χ1v) is 11.2. The highest BCUT2D eigenvalue weighted by Gasteiger charge is 2.47. The van der Waals surface area contributed by atoms with Crippen molar-refractivity contribution in [1.82, 2.24) is 15.0 Å². The number of aryl methyl sites for hydroxylation is 1. The summed E-state index contributed by atoms with van der Waals surface area (Å²) in [7, 11) is 0. The van der Waals surface area contributed by atoms with Crippen LogP contribution in [-0.4, -0.2) is 51.9 Å². The second kappa shape index (κ2) is 9.46. The number of aliphatic hydroxyl groups is 1. The lowest BCUT2D eigenvalue weighted by Gasteiger charge is -2.42. The van der Waals surface area contributed by atoms with Crippen LogP contribution in [0.3, 0.4) is 0 Å². The average Bonchev–Trinajstić information content (AvgIpc) is 3.01. The number of aliphatic hydroxyl groups excluding tert-OH is 1. The fraction of sp³-hybridized carbons (Fsp3) is 0.571. The molecule has 4 heterocycles. The molecule has 0 unspecified atom stereocenters. The maximum atomic E-state index is 9.98. The summed E-state index contributed by atoms with van der Waals surface area (Å²) in [6.45, 7) is 6.10. The molecule has 5 N–H and O–H groups in total. The van der Waals surface area contributed by atoms with Crippen LogP contribution in [0.2, 0.25) is 5.02 Å². The molecule has 2 aromatic heterocycles. The molecular formula is C21H31ClN6O2S. The van der Waals surface area contributed by atoms with E-state index in [-0.39, 0.29) is 37.4 Å². The second-order valence-corrected chi connectivity index (χ2v) is 9.45. The molecule has 2 aliphatic heterocycles. The highest BCUT2D eigenvalue weighted by Crippen LogP contribution is 2.42. The number of nitrogen functional groups attached to an aromatic ring is 1. The molecule has 170 valence electrons. The minimum atomic E-state index is -0.191. The summed E-state index contributed by atoms with van der Waals surface area (Å²) in [4.78, 5) is 16.4. The van der Waals surface area contributed by atoms with Crippen molar-refractivity contribution >= 4 is 35.0 Å². The zero-order valence-electron chi connectivity index (χ0n) is 17.1. The van der Waals surface area contributed by atoms with Crippen LogP contribution in [0.15, 0.2) is 22.2 Å². The Kier molecular flexibility index (Phi) is 7.32. The minimum Gasteiger partial charge on any atom is -0.390 e. The lowest BCUT2D eigenvalue weighted by atomic mass is 9.73. The molecule has 0 radical (unpaired) electrons. The van der Waals surface area contributed by atoms with Gasteiger partial charge in [0.2, 0.25) is 0 Å². The third kappa shape index (κ3) is 4.47. The molecule has 2 fully saturated rings. The summed E-state index contributed by atoms with van der Waals surface area (Å²) in [5.41, 5.74) is 13.6. The number of ether oxygens (including phenoxy) is 1. The molecule has 1 spiro atoms. The van der Waals surface area contributed by atoms with E-state index in [1.165, 1.54) is 11.8 Å². The van der Waals surface area contributed by atoms with E-state index in [0.29, 0.717) is 22.3 Å². The lowest BCUT2D eigenvalue weighted by molar-refractivity contribution is 0.0973. The topological polar surface area (TPSA) is 123 Å². The lowest BCUT2D eigenvalue weighted by Crippen LogP contribution is -2.51. The molecule has 4 rings (SSSR count). The molecule has 2 aliphatic rings. The van der Waals surface area contributed by atoms with E-state index < -0.39 is 0 Å². The van der Waals surface area contributed by atoms with E-state index in [1.54, 1.807) is 12.3 Å². The maximum absolute atomic E-state index is 9.98. The van der Waals surface area contributed by atoms with Gasteiger partial charge in [0, 0.05) is 35.6 Å². The van der Waals surface area contributed by atoms with Gasteiger partial charge in [-0.1, -0.05) is 30.8 Å². The van der Waals surface area contributed by atoms with Crippen molar-refractivity contribution < 1.29 is 9.84 Å². The number of pyridine rings is 1.